The van der Waals surface area contributed by atoms with Gasteiger partial charge in [0.1, 0.15) is 6.07 Å². The van der Waals surface area contributed by atoms with E-state index in [-0.39, 0.29) is 0 Å². The smallest absolute Gasteiger partial charge is 0.101 e. The van der Waals surface area contributed by atoms with Crippen LogP contribution in [0.15, 0.2) is 48.5 Å². The summed E-state index contributed by atoms with van der Waals surface area (Å²) in [5.74, 6) is 0.949. The molecule has 0 bridgehead atoms. The molecule has 25 heavy (non-hydrogen) atoms. The van der Waals surface area contributed by atoms with Crippen LogP contribution in [0.3, 0.4) is 0 Å². The Labute approximate surface area is 158 Å². The van der Waals surface area contributed by atoms with Gasteiger partial charge in [0.15, 0.2) is 0 Å². The number of likely N-dealkylation sites (tertiary alicyclic amines) is 1. The Morgan fingerprint density at radius 3 is 2.24 bits per heavy atom. The van der Waals surface area contributed by atoms with E-state index >= 15 is 0 Å². The SMILES string of the molecule is CC1CCN(C)C1.CCc1ccccc1.Cc1ccc(C#N)c(Cl)c1. The highest BCUT2D eigenvalue weighted by molar-refractivity contribution is 6.31. The van der Waals surface area contributed by atoms with Crippen molar-refractivity contribution in [1.29, 1.82) is 5.26 Å². The molecular formula is C22H29ClN2. The molecule has 0 amide bonds. The molecule has 0 N–H and O–H groups in total. The van der Waals surface area contributed by atoms with Gasteiger partial charge in [-0.15, -0.1) is 0 Å². The minimum atomic E-state index is 0.530. The quantitative estimate of drug-likeness (QED) is 0.652. The van der Waals surface area contributed by atoms with Crippen LogP contribution in [0.25, 0.3) is 0 Å². The third kappa shape index (κ3) is 8.72. The van der Waals surface area contributed by atoms with Crippen LogP contribution in [-0.2, 0) is 6.42 Å². The zero-order valence-corrected chi connectivity index (χ0v) is 16.6. The maximum atomic E-state index is 8.47. The predicted octanol–water partition coefficient (Wildman–Crippen LogP) is 5.73. The lowest BCUT2D eigenvalue weighted by Crippen LogP contribution is -2.12. The Bertz CT molecular complexity index is 653. The van der Waals surface area contributed by atoms with E-state index in [0.717, 1.165) is 17.9 Å². The second kappa shape index (κ2) is 11.7. The molecule has 1 aliphatic rings. The molecule has 2 nitrogen and oxygen atoms in total. The van der Waals surface area contributed by atoms with Crippen LogP contribution < -0.4 is 0 Å². The molecular weight excluding hydrogens is 328 g/mol. The molecule has 2 aromatic rings. The van der Waals surface area contributed by atoms with Gasteiger partial charge >= 0.3 is 0 Å². The van der Waals surface area contributed by atoms with E-state index in [0.29, 0.717) is 10.6 Å². The first-order valence-electron chi connectivity index (χ1n) is 8.85. The number of nitrogens with zero attached hydrogens (tertiary/aromatic N) is 2. The first-order chi connectivity index (χ1) is 12.0. The molecule has 1 atom stereocenters. The van der Waals surface area contributed by atoms with E-state index in [1.165, 1.54) is 25.1 Å². The Balaban J connectivity index is 0.000000191. The molecule has 1 aliphatic heterocycles. The van der Waals surface area contributed by atoms with Crippen molar-refractivity contribution >= 4 is 11.6 Å². The van der Waals surface area contributed by atoms with Crippen LogP contribution in [0.2, 0.25) is 5.02 Å². The van der Waals surface area contributed by atoms with E-state index in [1.807, 2.05) is 25.1 Å². The monoisotopic (exact) mass is 356 g/mol. The molecule has 0 saturated carbocycles. The summed E-state index contributed by atoms with van der Waals surface area (Å²) in [7, 11) is 2.18. The van der Waals surface area contributed by atoms with Crippen LogP contribution in [-0.4, -0.2) is 25.0 Å². The average Bonchev–Trinajstić information content (AvgIpc) is 3.00. The molecule has 3 heteroatoms. The van der Waals surface area contributed by atoms with Gasteiger partial charge < -0.3 is 4.90 Å². The standard InChI is InChI=1S/C8H6ClN.C8H10.C6H13N/c1-6-2-3-7(5-10)8(9)4-6;1-2-8-6-4-3-5-7-8;1-6-3-4-7(2)5-6/h2-4H,1H3;3-7H,2H2,1H3;6H,3-5H2,1-2H3. The molecule has 1 fully saturated rings. The largest absolute Gasteiger partial charge is 0.306 e. The second-order valence-electron chi connectivity index (χ2n) is 6.59. The zero-order valence-electron chi connectivity index (χ0n) is 15.8. The van der Waals surface area contributed by atoms with Gasteiger partial charge in [-0.2, -0.15) is 5.26 Å². The van der Waals surface area contributed by atoms with Gasteiger partial charge in [0.25, 0.3) is 0 Å². The van der Waals surface area contributed by atoms with Crippen LogP contribution >= 0.6 is 11.6 Å². The summed E-state index contributed by atoms with van der Waals surface area (Å²) in [6.45, 7) is 9.02. The normalized spacial score (nSPS) is 16.1. The number of aryl methyl sites for hydroxylation is 2. The maximum Gasteiger partial charge on any atom is 0.101 e. The van der Waals surface area contributed by atoms with E-state index in [1.54, 1.807) is 12.1 Å². The lowest BCUT2D eigenvalue weighted by atomic mass is 10.2. The molecule has 134 valence electrons. The first-order valence-corrected chi connectivity index (χ1v) is 9.22. The number of benzene rings is 2. The fourth-order valence-corrected chi connectivity index (χ4v) is 2.86. The van der Waals surface area contributed by atoms with Gasteiger partial charge in [0.2, 0.25) is 0 Å². The van der Waals surface area contributed by atoms with Crippen molar-refractivity contribution in [1.82, 2.24) is 4.90 Å². The molecule has 0 aromatic heterocycles. The Hall–Kier alpha value is -1.82. The third-order valence-electron chi connectivity index (χ3n) is 4.12. The summed E-state index contributed by atoms with van der Waals surface area (Å²) in [5, 5.41) is 9.00. The van der Waals surface area contributed by atoms with Crippen molar-refractivity contribution in [3.05, 3.63) is 70.2 Å². The second-order valence-corrected chi connectivity index (χ2v) is 7.00. The number of nitriles is 1. The predicted molar refractivity (Wildman–Crippen MR) is 108 cm³/mol. The zero-order chi connectivity index (χ0) is 18.7. The van der Waals surface area contributed by atoms with Gasteiger partial charge in [0.05, 0.1) is 10.6 Å². The van der Waals surface area contributed by atoms with Crippen molar-refractivity contribution in [2.24, 2.45) is 5.92 Å². The maximum absolute atomic E-state index is 8.47. The molecule has 0 aliphatic carbocycles. The van der Waals surface area contributed by atoms with Crippen molar-refractivity contribution in [2.75, 3.05) is 20.1 Å². The van der Waals surface area contributed by atoms with Crippen LogP contribution in [0.5, 0.6) is 0 Å². The number of halogens is 1. The van der Waals surface area contributed by atoms with Crippen LogP contribution in [0.4, 0.5) is 0 Å². The van der Waals surface area contributed by atoms with Crippen molar-refractivity contribution < 1.29 is 0 Å². The summed E-state index contributed by atoms with van der Waals surface area (Å²) in [5.41, 5.74) is 3.02. The highest BCUT2D eigenvalue weighted by Gasteiger charge is 2.13. The third-order valence-corrected chi connectivity index (χ3v) is 4.44. The van der Waals surface area contributed by atoms with Crippen LogP contribution in [0.1, 0.15) is 37.0 Å². The van der Waals surface area contributed by atoms with E-state index in [9.17, 15) is 0 Å². The minimum Gasteiger partial charge on any atom is -0.306 e. The number of hydrogen-bond acceptors (Lipinski definition) is 2. The average molecular weight is 357 g/mol. The first kappa shape index (κ1) is 21.2. The fraction of sp³-hybridized carbons (Fsp3) is 0.409. The Morgan fingerprint density at radius 2 is 1.88 bits per heavy atom. The summed E-state index contributed by atoms with van der Waals surface area (Å²) >= 11 is 5.71. The summed E-state index contributed by atoms with van der Waals surface area (Å²) < 4.78 is 0. The molecule has 0 spiro atoms. The van der Waals surface area contributed by atoms with Gasteiger partial charge in [-0.3, -0.25) is 0 Å². The van der Waals surface area contributed by atoms with E-state index < -0.39 is 0 Å². The van der Waals surface area contributed by atoms with Crippen molar-refractivity contribution in [2.45, 2.75) is 33.6 Å². The van der Waals surface area contributed by atoms with Gasteiger partial charge in [0, 0.05) is 6.54 Å². The summed E-state index contributed by atoms with van der Waals surface area (Å²) in [6, 6.07) is 17.8. The summed E-state index contributed by atoms with van der Waals surface area (Å²) in [6.07, 6.45) is 2.54. The Morgan fingerprint density at radius 1 is 1.20 bits per heavy atom. The highest BCUT2D eigenvalue weighted by atomic mass is 35.5. The van der Waals surface area contributed by atoms with E-state index in [4.69, 9.17) is 16.9 Å². The number of hydrogen-bond donors (Lipinski definition) is 0. The molecule has 0 radical (unpaired) electrons. The van der Waals surface area contributed by atoms with Crippen LogP contribution in [0, 0.1) is 24.2 Å². The van der Waals surface area contributed by atoms with E-state index in [2.05, 4.69) is 50.1 Å². The van der Waals surface area contributed by atoms with Gasteiger partial charge in [-0.25, -0.2) is 0 Å². The molecule has 3 rings (SSSR count). The molecule has 1 heterocycles. The highest BCUT2D eigenvalue weighted by Crippen LogP contribution is 2.15. The fourth-order valence-electron chi connectivity index (χ4n) is 2.58. The summed E-state index contributed by atoms with van der Waals surface area (Å²) in [4.78, 5) is 2.38. The van der Waals surface area contributed by atoms with Crippen molar-refractivity contribution in [3.8, 4) is 6.07 Å². The molecule has 2 aromatic carbocycles. The van der Waals surface area contributed by atoms with Gasteiger partial charge in [-0.1, -0.05) is 61.8 Å². The lowest BCUT2D eigenvalue weighted by molar-refractivity contribution is 0.402. The number of rotatable bonds is 1. The van der Waals surface area contributed by atoms with Crippen molar-refractivity contribution in [3.63, 3.8) is 0 Å². The topological polar surface area (TPSA) is 27.0 Å². The Kier molecular flexibility index (Phi) is 9.92. The lowest BCUT2D eigenvalue weighted by Gasteiger charge is -2.03. The van der Waals surface area contributed by atoms with Gasteiger partial charge in [-0.05, 0) is 62.5 Å². The minimum absolute atomic E-state index is 0.530. The molecule has 1 unspecified atom stereocenters. The molecule has 1 saturated heterocycles.